The number of aromatic amines is 1. The van der Waals surface area contributed by atoms with Crippen molar-refractivity contribution in [2.45, 2.75) is 19.0 Å². The lowest BCUT2D eigenvalue weighted by Crippen LogP contribution is -2.24. The zero-order valence-corrected chi connectivity index (χ0v) is 8.82. The van der Waals surface area contributed by atoms with E-state index in [2.05, 4.69) is 4.74 Å². The van der Waals surface area contributed by atoms with Crippen LogP contribution >= 0.6 is 0 Å². The topological polar surface area (TPSA) is 65.9 Å². The first-order valence-electron chi connectivity index (χ1n) is 4.50. The van der Waals surface area contributed by atoms with Crippen molar-refractivity contribution in [3.05, 3.63) is 27.7 Å². The van der Waals surface area contributed by atoms with Crippen molar-refractivity contribution in [2.75, 3.05) is 0 Å². The molecule has 0 unspecified atom stereocenters. The molecule has 0 atom stereocenters. The highest BCUT2D eigenvalue weighted by Gasteiger charge is 2.39. The molecule has 0 aromatic carbocycles. The van der Waals surface area contributed by atoms with Gasteiger partial charge in [-0.05, 0) is 0 Å². The van der Waals surface area contributed by atoms with E-state index in [1.165, 1.54) is 11.1 Å². The lowest BCUT2D eigenvalue weighted by Gasteiger charge is -2.16. The molecule has 1 aromatic rings. The summed E-state index contributed by atoms with van der Waals surface area (Å²) in [7, 11) is 0. The normalized spacial score (nSPS) is 12.1. The molecule has 1 heterocycles. The van der Waals surface area contributed by atoms with Crippen LogP contribution in [0, 0.1) is 11.3 Å². The van der Waals surface area contributed by atoms with Gasteiger partial charge >= 0.3 is 12.5 Å². The molecule has 0 aliphatic carbocycles. The number of rotatable bonds is 2. The zero-order valence-electron chi connectivity index (χ0n) is 8.82. The third kappa shape index (κ3) is 3.90. The largest absolute Gasteiger partial charge is 0.573 e. The second-order valence-electron chi connectivity index (χ2n) is 3.23. The maximum Gasteiger partial charge on any atom is 0.573 e. The van der Waals surface area contributed by atoms with Crippen molar-refractivity contribution in [1.82, 2.24) is 4.98 Å². The van der Waals surface area contributed by atoms with E-state index >= 15 is 0 Å². The van der Waals surface area contributed by atoms with Gasteiger partial charge in [-0.25, -0.2) is 0 Å². The molecule has 0 fully saturated rings. The van der Waals surface area contributed by atoms with Gasteiger partial charge in [-0.1, -0.05) is 0 Å². The second kappa shape index (κ2) is 4.83. The van der Waals surface area contributed by atoms with Crippen molar-refractivity contribution in [3.8, 4) is 11.8 Å². The van der Waals surface area contributed by atoms with Gasteiger partial charge in [0.2, 0.25) is 0 Å². The van der Waals surface area contributed by atoms with Crippen molar-refractivity contribution in [3.63, 3.8) is 0 Å². The van der Waals surface area contributed by atoms with Crippen LogP contribution in [0.4, 0.5) is 26.3 Å². The number of ether oxygens (including phenoxy) is 1. The lowest BCUT2D eigenvalue weighted by molar-refractivity contribution is -0.275. The van der Waals surface area contributed by atoms with E-state index in [4.69, 9.17) is 5.26 Å². The van der Waals surface area contributed by atoms with Gasteiger partial charge in [-0.3, -0.25) is 4.79 Å². The van der Waals surface area contributed by atoms with Crippen LogP contribution in [0.25, 0.3) is 0 Å². The SMILES string of the molecule is N#CCc1c(OC(F)(F)F)cc(=O)[nH]c1C(F)(F)F. The molecule has 10 heteroatoms. The van der Waals surface area contributed by atoms with Crippen LogP contribution in [0.5, 0.6) is 5.75 Å². The summed E-state index contributed by atoms with van der Waals surface area (Å²) in [6.07, 6.45) is -11.4. The van der Waals surface area contributed by atoms with E-state index in [1.807, 2.05) is 0 Å². The monoisotopic (exact) mass is 286 g/mol. The number of aromatic nitrogens is 1. The molecular formula is C9H4F6N2O2. The number of pyridine rings is 1. The molecule has 0 spiro atoms. The Labute approximate surface area is 101 Å². The Morgan fingerprint density at radius 2 is 1.84 bits per heavy atom. The first-order valence-corrected chi connectivity index (χ1v) is 4.50. The summed E-state index contributed by atoms with van der Waals surface area (Å²) < 4.78 is 77.0. The molecule has 0 aliphatic heterocycles. The van der Waals surface area contributed by atoms with Crippen molar-refractivity contribution >= 4 is 0 Å². The van der Waals surface area contributed by atoms with Crippen LogP contribution in [0.1, 0.15) is 11.3 Å². The van der Waals surface area contributed by atoms with E-state index in [9.17, 15) is 31.1 Å². The fourth-order valence-corrected chi connectivity index (χ4v) is 1.28. The first kappa shape index (κ1) is 14.9. The Hall–Kier alpha value is -2.18. The molecule has 0 bridgehead atoms. The molecule has 4 nitrogen and oxygen atoms in total. The molecule has 1 N–H and O–H groups in total. The fraction of sp³-hybridized carbons (Fsp3) is 0.333. The minimum absolute atomic E-state index is 0.204. The molecular weight excluding hydrogens is 282 g/mol. The second-order valence-corrected chi connectivity index (χ2v) is 3.23. The number of halogens is 6. The number of nitrogens with zero attached hydrogens (tertiary/aromatic N) is 1. The minimum atomic E-state index is -5.28. The van der Waals surface area contributed by atoms with Gasteiger partial charge in [-0.15, -0.1) is 13.2 Å². The molecule has 104 valence electrons. The van der Waals surface area contributed by atoms with Crippen LogP contribution in [-0.2, 0) is 12.6 Å². The summed E-state index contributed by atoms with van der Waals surface area (Å²) in [5, 5.41) is 8.36. The van der Waals surface area contributed by atoms with Gasteiger partial charge in [0.05, 0.1) is 12.5 Å². The Bertz CT molecular complexity index is 566. The molecule has 0 amide bonds. The van der Waals surface area contributed by atoms with Gasteiger partial charge in [0.15, 0.2) is 0 Å². The van der Waals surface area contributed by atoms with Crippen LogP contribution in [0.3, 0.4) is 0 Å². The number of nitrogens with one attached hydrogen (secondary N) is 1. The number of H-pyrrole nitrogens is 1. The number of nitriles is 1. The smallest absolute Gasteiger partial charge is 0.405 e. The van der Waals surface area contributed by atoms with E-state index < -0.39 is 41.5 Å². The van der Waals surface area contributed by atoms with E-state index in [1.54, 1.807) is 0 Å². The van der Waals surface area contributed by atoms with Crippen LogP contribution < -0.4 is 10.3 Å². The fourth-order valence-electron chi connectivity index (χ4n) is 1.28. The van der Waals surface area contributed by atoms with Gasteiger partial charge in [0.1, 0.15) is 11.4 Å². The average molecular weight is 286 g/mol. The average Bonchev–Trinajstić information content (AvgIpc) is 2.17. The molecule has 0 saturated heterocycles. The highest BCUT2D eigenvalue weighted by atomic mass is 19.4. The standard InChI is InChI=1S/C9H4F6N2O2/c10-8(11,12)7-4(1-2-16)5(3-6(18)17-7)19-9(13,14)15/h3H,1H2,(H,17,18). The molecule has 0 saturated carbocycles. The number of hydrogen-bond acceptors (Lipinski definition) is 3. The number of alkyl halides is 6. The maximum atomic E-state index is 12.5. The van der Waals surface area contributed by atoms with Crippen LogP contribution in [0.2, 0.25) is 0 Å². The Kier molecular flexibility index (Phi) is 3.78. The predicted octanol–water partition coefficient (Wildman–Crippen LogP) is 2.36. The maximum absolute atomic E-state index is 12.5. The number of hydrogen-bond donors (Lipinski definition) is 1. The Balaban J connectivity index is 3.50. The van der Waals surface area contributed by atoms with Crippen molar-refractivity contribution in [2.24, 2.45) is 0 Å². The summed E-state index contributed by atoms with van der Waals surface area (Å²) in [6, 6.07) is 1.48. The predicted molar refractivity (Wildman–Crippen MR) is 48.1 cm³/mol. The summed E-state index contributed by atoms with van der Waals surface area (Å²) in [6.45, 7) is 0. The third-order valence-corrected chi connectivity index (χ3v) is 1.87. The summed E-state index contributed by atoms with van der Waals surface area (Å²) >= 11 is 0. The molecule has 1 rings (SSSR count). The molecule has 0 aliphatic rings. The molecule has 19 heavy (non-hydrogen) atoms. The highest BCUT2D eigenvalue weighted by molar-refractivity contribution is 5.39. The summed E-state index contributed by atoms with van der Waals surface area (Å²) in [4.78, 5) is 12.3. The quantitative estimate of drug-likeness (QED) is 0.849. The van der Waals surface area contributed by atoms with Crippen molar-refractivity contribution < 1.29 is 31.1 Å². The van der Waals surface area contributed by atoms with Gasteiger partial charge in [0, 0.05) is 11.6 Å². The van der Waals surface area contributed by atoms with Gasteiger partial charge < -0.3 is 9.72 Å². The summed E-state index contributed by atoms with van der Waals surface area (Å²) in [5.74, 6) is -1.34. The molecule has 1 aromatic heterocycles. The molecule has 0 radical (unpaired) electrons. The third-order valence-electron chi connectivity index (χ3n) is 1.87. The van der Waals surface area contributed by atoms with E-state index in [0.29, 0.717) is 0 Å². The lowest BCUT2D eigenvalue weighted by atomic mass is 10.1. The Morgan fingerprint density at radius 1 is 1.26 bits per heavy atom. The van der Waals surface area contributed by atoms with Crippen LogP contribution in [0.15, 0.2) is 10.9 Å². The van der Waals surface area contributed by atoms with E-state index in [0.717, 1.165) is 0 Å². The minimum Gasteiger partial charge on any atom is -0.405 e. The van der Waals surface area contributed by atoms with Gasteiger partial charge in [-0.2, -0.15) is 18.4 Å². The summed E-state index contributed by atoms with van der Waals surface area (Å²) in [5.41, 5.74) is -4.24. The highest BCUT2D eigenvalue weighted by Crippen LogP contribution is 2.35. The zero-order chi connectivity index (χ0) is 14.8. The van der Waals surface area contributed by atoms with Crippen molar-refractivity contribution in [1.29, 1.82) is 5.26 Å². The Morgan fingerprint density at radius 3 is 2.26 bits per heavy atom. The first-order chi connectivity index (χ1) is 8.54. The van der Waals surface area contributed by atoms with Gasteiger partial charge in [0.25, 0.3) is 5.56 Å². The van der Waals surface area contributed by atoms with E-state index in [-0.39, 0.29) is 6.07 Å². The van der Waals surface area contributed by atoms with Crippen LogP contribution in [-0.4, -0.2) is 11.3 Å².